The van der Waals surface area contributed by atoms with Gasteiger partial charge in [0.15, 0.2) is 9.89 Å². The van der Waals surface area contributed by atoms with Crippen LogP contribution in [0.5, 0.6) is 5.75 Å². The van der Waals surface area contributed by atoms with Gasteiger partial charge >= 0.3 is 5.97 Å². The smallest absolute Gasteiger partial charge is 0.338 e. The summed E-state index contributed by atoms with van der Waals surface area (Å²) in [6.07, 6.45) is 1.69. The molecule has 4 aromatic rings. The molecular weight excluding hydrogens is 624 g/mol. The second kappa shape index (κ2) is 11.6. The number of hydrogen-bond donors (Lipinski definition) is 0. The lowest BCUT2D eigenvalue weighted by atomic mass is 9.96. The minimum atomic E-state index is -0.725. The average molecular weight is 646 g/mol. The highest BCUT2D eigenvalue weighted by Gasteiger charge is 2.33. The fourth-order valence-corrected chi connectivity index (χ4v) is 6.66. The van der Waals surface area contributed by atoms with Crippen LogP contribution in [0.15, 0.2) is 94.5 Å². The molecule has 0 spiro atoms. The van der Waals surface area contributed by atoms with Crippen molar-refractivity contribution in [2.75, 3.05) is 13.7 Å². The number of aromatic nitrogens is 1. The monoisotopic (exact) mass is 644 g/mol. The lowest BCUT2D eigenvalue weighted by molar-refractivity contribution is -0.139. The summed E-state index contributed by atoms with van der Waals surface area (Å²) in [5, 5.41) is 1.34. The molecule has 0 saturated heterocycles. The van der Waals surface area contributed by atoms with Crippen LogP contribution in [0.25, 0.3) is 6.08 Å². The first-order valence-electron chi connectivity index (χ1n) is 11.9. The van der Waals surface area contributed by atoms with Gasteiger partial charge in [-0.3, -0.25) is 9.36 Å². The number of hydrogen-bond acceptors (Lipinski definition) is 8. The Hall–Kier alpha value is -3.05. The molecule has 0 bridgehead atoms. The van der Waals surface area contributed by atoms with Gasteiger partial charge in [-0.15, -0.1) is 0 Å². The SMILES string of the molecule is CCOC(=O)C1=C(C)N=c2s/c(=C/c3ccc(Sc4ccc(Cl)cc4)o3)c(=O)n2[C@H]1c1ccc(OC)c(Br)c1. The molecule has 11 heteroatoms. The molecule has 0 amide bonds. The highest BCUT2D eigenvalue weighted by atomic mass is 79.9. The minimum absolute atomic E-state index is 0.202. The van der Waals surface area contributed by atoms with Crippen LogP contribution in [-0.4, -0.2) is 24.3 Å². The van der Waals surface area contributed by atoms with E-state index in [1.807, 2.05) is 48.5 Å². The molecule has 200 valence electrons. The summed E-state index contributed by atoms with van der Waals surface area (Å²) in [4.78, 5) is 32.9. The highest BCUT2D eigenvalue weighted by Crippen LogP contribution is 2.35. The second-order valence-electron chi connectivity index (χ2n) is 8.41. The summed E-state index contributed by atoms with van der Waals surface area (Å²) >= 11 is 12.2. The Labute approximate surface area is 245 Å². The predicted octanol–water partition coefficient (Wildman–Crippen LogP) is 5.97. The van der Waals surface area contributed by atoms with E-state index in [2.05, 4.69) is 20.9 Å². The number of thiazole rings is 1. The summed E-state index contributed by atoms with van der Waals surface area (Å²) in [6, 6.07) is 15.8. The number of rotatable bonds is 7. The predicted molar refractivity (Wildman–Crippen MR) is 155 cm³/mol. The van der Waals surface area contributed by atoms with Crippen molar-refractivity contribution in [3.8, 4) is 5.75 Å². The number of esters is 1. The molecule has 2 aromatic heterocycles. The van der Waals surface area contributed by atoms with Gasteiger partial charge in [0.1, 0.15) is 11.5 Å². The van der Waals surface area contributed by atoms with Gasteiger partial charge in [0.2, 0.25) is 0 Å². The fourth-order valence-electron chi connectivity index (χ4n) is 4.17. The molecule has 5 rings (SSSR count). The number of allylic oxidation sites excluding steroid dienone is 1. The third kappa shape index (κ3) is 5.65. The quantitative estimate of drug-likeness (QED) is 0.231. The van der Waals surface area contributed by atoms with E-state index in [1.54, 1.807) is 33.1 Å². The Balaban J connectivity index is 1.58. The number of carbonyl (C=O) groups excluding carboxylic acids is 1. The van der Waals surface area contributed by atoms with Crippen LogP contribution in [0.1, 0.15) is 31.2 Å². The molecule has 1 aliphatic heterocycles. The van der Waals surface area contributed by atoms with E-state index in [-0.39, 0.29) is 12.2 Å². The summed E-state index contributed by atoms with van der Waals surface area (Å²) in [5.41, 5.74) is 1.24. The summed E-state index contributed by atoms with van der Waals surface area (Å²) in [5.74, 6) is 0.649. The minimum Gasteiger partial charge on any atom is -0.496 e. The van der Waals surface area contributed by atoms with Crippen molar-refractivity contribution in [1.82, 2.24) is 4.57 Å². The molecule has 0 aliphatic carbocycles. The van der Waals surface area contributed by atoms with Crippen molar-refractivity contribution in [2.24, 2.45) is 4.99 Å². The zero-order valence-corrected chi connectivity index (χ0v) is 25.0. The fraction of sp³-hybridized carbons (Fsp3) is 0.179. The molecule has 3 heterocycles. The van der Waals surface area contributed by atoms with Gasteiger partial charge in [-0.05, 0) is 83.9 Å². The highest BCUT2D eigenvalue weighted by molar-refractivity contribution is 9.10. The first-order valence-corrected chi connectivity index (χ1v) is 14.7. The number of furan rings is 1. The van der Waals surface area contributed by atoms with Crippen molar-refractivity contribution >= 4 is 62.7 Å². The van der Waals surface area contributed by atoms with Crippen LogP contribution >= 0.6 is 50.6 Å². The molecule has 2 aromatic carbocycles. The largest absolute Gasteiger partial charge is 0.496 e. The number of carbonyl (C=O) groups is 1. The van der Waals surface area contributed by atoms with Gasteiger partial charge in [0.05, 0.1) is 40.0 Å². The number of benzene rings is 2. The molecule has 39 heavy (non-hydrogen) atoms. The molecular formula is C28H22BrClN2O5S2. The maximum atomic E-state index is 13.8. The summed E-state index contributed by atoms with van der Waals surface area (Å²) < 4.78 is 19.4. The molecule has 7 nitrogen and oxygen atoms in total. The van der Waals surface area contributed by atoms with E-state index >= 15 is 0 Å². The molecule has 1 aliphatic rings. The zero-order valence-electron chi connectivity index (χ0n) is 21.1. The van der Waals surface area contributed by atoms with Crippen LogP contribution in [0, 0.1) is 0 Å². The maximum Gasteiger partial charge on any atom is 0.338 e. The van der Waals surface area contributed by atoms with E-state index in [0.717, 1.165) is 4.90 Å². The molecule has 1 atom stereocenters. The summed E-state index contributed by atoms with van der Waals surface area (Å²) in [6.45, 7) is 3.69. The van der Waals surface area contributed by atoms with Crippen LogP contribution < -0.4 is 19.6 Å². The lowest BCUT2D eigenvalue weighted by Gasteiger charge is -2.25. The maximum absolute atomic E-state index is 13.8. The van der Waals surface area contributed by atoms with Gasteiger partial charge in [-0.1, -0.05) is 40.8 Å². The number of ether oxygens (including phenoxy) is 2. The number of fused-ring (bicyclic) bond motifs is 1. The first-order chi connectivity index (χ1) is 18.8. The standard InChI is InChI=1S/C28H22BrClN2O5S2/c1-4-36-27(34)24-15(2)31-28-32(25(24)16-5-11-21(35-3)20(29)13-16)26(33)22(39-28)14-18-8-12-23(37-18)38-19-9-6-17(30)7-10-19/h5-14,25H,4H2,1-3H3/b22-14+/t25-/m0/s1. The molecule has 0 N–H and O–H groups in total. The molecule has 0 saturated carbocycles. The first kappa shape index (κ1) is 27.5. The molecule has 0 unspecified atom stereocenters. The third-order valence-electron chi connectivity index (χ3n) is 5.92. The van der Waals surface area contributed by atoms with Gasteiger partial charge in [0.25, 0.3) is 5.56 Å². The van der Waals surface area contributed by atoms with E-state index in [0.29, 0.717) is 52.3 Å². The van der Waals surface area contributed by atoms with E-state index in [1.165, 1.54) is 27.7 Å². The van der Waals surface area contributed by atoms with Crippen molar-refractivity contribution in [3.05, 3.63) is 106 Å². The Bertz CT molecular complexity index is 1770. The Morgan fingerprint density at radius 2 is 2.00 bits per heavy atom. The summed E-state index contributed by atoms with van der Waals surface area (Å²) in [7, 11) is 1.57. The van der Waals surface area contributed by atoms with Crippen LogP contribution in [0.4, 0.5) is 0 Å². The van der Waals surface area contributed by atoms with Gasteiger partial charge in [0, 0.05) is 16.0 Å². The number of methoxy groups -OCH3 is 1. The van der Waals surface area contributed by atoms with Crippen molar-refractivity contribution < 1.29 is 18.7 Å². The van der Waals surface area contributed by atoms with Crippen LogP contribution in [0.3, 0.4) is 0 Å². The Kier molecular flexibility index (Phi) is 8.18. The second-order valence-corrected chi connectivity index (χ2v) is 11.8. The Morgan fingerprint density at radius 1 is 1.23 bits per heavy atom. The van der Waals surface area contributed by atoms with E-state index in [4.69, 9.17) is 25.5 Å². The molecule has 0 fully saturated rings. The van der Waals surface area contributed by atoms with Crippen molar-refractivity contribution in [3.63, 3.8) is 0 Å². The zero-order chi connectivity index (χ0) is 27.7. The normalized spacial score (nSPS) is 15.2. The van der Waals surface area contributed by atoms with Crippen molar-refractivity contribution in [1.29, 1.82) is 0 Å². The van der Waals surface area contributed by atoms with E-state index < -0.39 is 12.0 Å². The van der Waals surface area contributed by atoms with Crippen molar-refractivity contribution in [2.45, 2.75) is 29.9 Å². The topological polar surface area (TPSA) is 83.0 Å². The third-order valence-corrected chi connectivity index (χ3v) is 8.70. The van der Waals surface area contributed by atoms with Gasteiger partial charge < -0.3 is 13.9 Å². The van der Waals surface area contributed by atoms with Crippen LogP contribution in [-0.2, 0) is 9.53 Å². The number of nitrogens with zero attached hydrogens (tertiary/aromatic N) is 2. The molecule has 0 radical (unpaired) electrons. The number of halogens is 2. The van der Waals surface area contributed by atoms with Crippen LogP contribution in [0.2, 0.25) is 5.02 Å². The average Bonchev–Trinajstić information content (AvgIpc) is 3.48. The van der Waals surface area contributed by atoms with E-state index in [9.17, 15) is 9.59 Å². The van der Waals surface area contributed by atoms with Gasteiger partial charge in [-0.25, -0.2) is 9.79 Å². The lowest BCUT2D eigenvalue weighted by Crippen LogP contribution is -2.39. The van der Waals surface area contributed by atoms with Gasteiger partial charge in [-0.2, -0.15) is 0 Å². The Morgan fingerprint density at radius 3 is 2.69 bits per heavy atom.